The zero-order chi connectivity index (χ0) is 20.0. The van der Waals surface area contributed by atoms with Gasteiger partial charge in [0.15, 0.2) is 0 Å². The van der Waals surface area contributed by atoms with Crippen LogP contribution in [0.15, 0.2) is 61.1 Å². The molecule has 0 aliphatic rings. The van der Waals surface area contributed by atoms with Crippen LogP contribution in [0.3, 0.4) is 0 Å². The van der Waals surface area contributed by atoms with Gasteiger partial charge in [-0.1, -0.05) is 36.4 Å². The molecule has 0 spiro atoms. The molecule has 0 saturated carbocycles. The summed E-state index contributed by atoms with van der Waals surface area (Å²) in [5.41, 5.74) is 3.32. The Balaban J connectivity index is 1.45. The van der Waals surface area contributed by atoms with Crippen LogP contribution in [0.5, 0.6) is 0 Å². The quantitative estimate of drug-likeness (QED) is 0.531. The van der Waals surface area contributed by atoms with Gasteiger partial charge in [-0.25, -0.2) is 4.98 Å². The fourth-order valence-electron chi connectivity index (χ4n) is 3.00. The fourth-order valence-corrected chi connectivity index (χ4v) is 3.00. The van der Waals surface area contributed by atoms with Gasteiger partial charge in [0.1, 0.15) is 0 Å². The van der Waals surface area contributed by atoms with Crippen molar-refractivity contribution in [1.29, 1.82) is 0 Å². The van der Waals surface area contributed by atoms with Gasteiger partial charge in [-0.3, -0.25) is 0 Å². The zero-order valence-corrected chi connectivity index (χ0v) is 15.8. The van der Waals surface area contributed by atoms with Crippen LogP contribution in [-0.2, 0) is 25.7 Å². The van der Waals surface area contributed by atoms with E-state index in [2.05, 4.69) is 28.0 Å². The third kappa shape index (κ3) is 5.45. The molecule has 0 radical (unpaired) electrons. The van der Waals surface area contributed by atoms with Crippen LogP contribution in [-0.4, -0.2) is 16.1 Å². The second-order valence-corrected chi connectivity index (χ2v) is 6.75. The highest BCUT2D eigenvalue weighted by atomic mass is 19.4. The molecule has 1 N–H and O–H groups in total. The number of rotatable bonds is 8. The monoisotopic (exact) mass is 387 g/mol. The van der Waals surface area contributed by atoms with Crippen LogP contribution < -0.4 is 5.32 Å². The van der Waals surface area contributed by atoms with E-state index in [1.807, 2.05) is 30.6 Å². The van der Waals surface area contributed by atoms with Gasteiger partial charge in [-0.15, -0.1) is 0 Å². The Morgan fingerprint density at radius 1 is 0.964 bits per heavy atom. The largest absolute Gasteiger partial charge is 0.416 e. The summed E-state index contributed by atoms with van der Waals surface area (Å²) in [7, 11) is 0. The minimum Gasteiger partial charge on any atom is -0.337 e. The molecule has 148 valence electrons. The molecule has 0 amide bonds. The lowest BCUT2D eigenvalue weighted by Gasteiger charge is -2.09. The molecule has 3 aromatic rings. The molecule has 0 fully saturated rings. The van der Waals surface area contributed by atoms with E-state index in [1.165, 1.54) is 12.1 Å². The minimum atomic E-state index is -4.30. The van der Waals surface area contributed by atoms with Crippen molar-refractivity contribution in [2.45, 2.75) is 39.0 Å². The van der Waals surface area contributed by atoms with Gasteiger partial charge >= 0.3 is 6.18 Å². The van der Waals surface area contributed by atoms with Crippen molar-refractivity contribution >= 4 is 0 Å². The van der Waals surface area contributed by atoms with Crippen molar-refractivity contribution in [3.63, 3.8) is 0 Å². The molecule has 1 heterocycles. The van der Waals surface area contributed by atoms with Gasteiger partial charge < -0.3 is 9.88 Å². The first-order chi connectivity index (χ1) is 13.5. The Morgan fingerprint density at radius 2 is 1.61 bits per heavy atom. The Kier molecular flexibility index (Phi) is 6.52. The number of imidazole rings is 1. The van der Waals surface area contributed by atoms with Crippen LogP contribution in [0.1, 0.15) is 30.2 Å². The summed E-state index contributed by atoms with van der Waals surface area (Å²) in [6, 6.07) is 13.1. The van der Waals surface area contributed by atoms with E-state index < -0.39 is 11.7 Å². The van der Waals surface area contributed by atoms with E-state index in [0.717, 1.165) is 67.0 Å². The van der Waals surface area contributed by atoms with Gasteiger partial charge in [0.05, 0.1) is 17.6 Å². The topological polar surface area (TPSA) is 29.9 Å². The summed E-state index contributed by atoms with van der Waals surface area (Å²) >= 11 is 0. The van der Waals surface area contributed by atoms with Crippen LogP contribution in [0.25, 0.3) is 11.1 Å². The SMILES string of the molecule is CCn1cnc(CCCNCc2ccc(-c3ccc(C(F)(F)F)cc3)cc2)c1. The Bertz CT molecular complexity index is 865. The maximum atomic E-state index is 12.7. The highest BCUT2D eigenvalue weighted by Crippen LogP contribution is 2.31. The van der Waals surface area contributed by atoms with Crippen LogP contribution in [0.2, 0.25) is 0 Å². The first kappa shape index (κ1) is 20.1. The summed E-state index contributed by atoms with van der Waals surface area (Å²) in [5, 5.41) is 3.42. The van der Waals surface area contributed by atoms with E-state index in [4.69, 9.17) is 0 Å². The number of aryl methyl sites for hydroxylation is 2. The standard InChI is InChI=1S/C22H24F3N3/c1-2-28-15-21(27-16-28)4-3-13-26-14-17-5-7-18(8-6-17)19-9-11-20(12-10-19)22(23,24)25/h5-12,15-16,26H,2-4,13-14H2,1H3. The molecular weight excluding hydrogens is 363 g/mol. The van der Waals surface area contributed by atoms with Crippen molar-refractivity contribution in [3.8, 4) is 11.1 Å². The van der Waals surface area contributed by atoms with Crippen molar-refractivity contribution in [2.24, 2.45) is 0 Å². The lowest BCUT2D eigenvalue weighted by Crippen LogP contribution is -2.15. The maximum Gasteiger partial charge on any atom is 0.416 e. The second-order valence-electron chi connectivity index (χ2n) is 6.75. The average molecular weight is 387 g/mol. The van der Waals surface area contributed by atoms with Crippen molar-refractivity contribution in [2.75, 3.05) is 6.54 Å². The van der Waals surface area contributed by atoms with E-state index in [1.54, 1.807) is 0 Å². The first-order valence-electron chi connectivity index (χ1n) is 9.43. The lowest BCUT2D eigenvalue weighted by molar-refractivity contribution is -0.137. The minimum absolute atomic E-state index is 0.626. The molecule has 1 aromatic heterocycles. The van der Waals surface area contributed by atoms with Crippen molar-refractivity contribution in [1.82, 2.24) is 14.9 Å². The van der Waals surface area contributed by atoms with E-state index in [0.29, 0.717) is 0 Å². The predicted octanol–water partition coefficient (Wildman–Crippen LogP) is 5.31. The normalized spacial score (nSPS) is 11.7. The molecule has 0 atom stereocenters. The van der Waals surface area contributed by atoms with E-state index in [-0.39, 0.29) is 0 Å². The first-order valence-corrected chi connectivity index (χ1v) is 9.43. The molecule has 6 heteroatoms. The number of alkyl halides is 3. The number of nitrogens with zero attached hydrogens (tertiary/aromatic N) is 2. The third-order valence-electron chi connectivity index (χ3n) is 4.67. The van der Waals surface area contributed by atoms with Crippen LogP contribution in [0, 0.1) is 0 Å². The zero-order valence-electron chi connectivity index (χ0n) is 15.8. The molecule has 28 heavy (non-hydrogen) atoms. The number of hydrogen-bond acceptors (Lipinski definition) is 2. The van der Waals surface area contributed by atoms with Gasteiger partial charge in [0.2, 0.25) is 0 Å². The molecule has 2 aromatic carbocycles. The molecular formula is C22H24F3N3. The summed E-state index contributed by atoms with van der Waals surface area (Å²) in [5.74, 6) is 0. The Morgan fingerprint density at radius 3 is 2.18 bits per heavy atom. The molecule has 3 rings (SSSR count). The second kappa shape index (κ2) is 9.06. The summed E-state index contributed by atoms with van der Waals surface area (Å²) in [6.07, 6.45) is 1.61. The fraction of sp³-hybridized carbons (Fsp3) is 0.318. The Labute approximate surface area is 163 Å². The van der Waals surface area contributed by atoms with Crippen molar-refractivity contribution in [3.05, 3.63) is 77.9 Å². The molecule has 0 aliphatic heterocycles. The molecule has 0 aliphatic carbocycles. The summed E-state index contributed by atoms with van der Waals surface area (Å²) in [6.45, 7) is 4.69. The number of halogens is 3. The summed E-state index contributed by atoms with van der Waals surface area (Å²) < 4.78 is 40.0. The highest BCUT2D eigenvalue weighted by Gasteiger charge is 2.29. The van der Waals surface area contributed by atoms with E-state index >= 15 is 0 Å². The highest BCUT2D eigenvalue weighted by molar-refractivity contribution is 5.64. The maximum absolute atomic E-state index is 12.7. The smallest absolute Gasteiger partial charge is 0.337 e. The average Bonchev–Trinajstić information content (AvgIpc) is 3.16. The third-order valence-corrected chi connectivity index (χ3v) is 4.67. The van der Waals surface area contributed by atoms with Crippen LogP contribution in [0.4, 0.5) is 13.2 Å². The molecule has 0 unspecified atom stereocenters. The van der Waals surface area contributed by atoms with Crippen LogP contribution >= 0.6 is 0 Å². The number of hydrogen-bond donors (Lipinski definition) is 1. The number of benzene rings is 2. The predicted molar refractivity (Wildman–Crippen MR) is 105 cm³/mol. The van der Waals surface area contributed by atoms with E-state index in [9.17, 15) is 13.2 Å². The van der Waals surface area contributed by atoms with Gasteiger partial charge in [-0.05, 0) is 55.1 Å². The molecule has 3 nitrogen and oxygen atoms in total. The number of nitrogens with one attached hydrogen (secondary N) is 1. The summed E-state index contributed by atoms with van der Waals surface area (Å²) in [4.78, 5) is 4.37. The molecule has 0 saturated heterocycles. The van der Waals surface area contributed by atoms with Gasteiger partial charge in [0, 0.05) is 19.3 Å². The van der Waals surface area contributed by atoms with Gasteiger partial charge in [-0.2, -0.15) is 13.2 Å². The van der Waals surface area contributed by atoms with Crippen molar-refractivity contribution < 1.29 is 13.2 Å². The lowest BCUT2D eigenvalue weighted by atomic mass is 10.0. The Hall–Kier alpha value is -2.60. The van der Waals surface area contributed by atoms with Gasteiger partial charge in [0.25, 0.3) is 0 Å². The molecule has 0 bridgehead atoms. The number of aromatic nitrogens is 2.